The molecule has 2 heterocycles. The smallest absolute Gasteiger partial charge is 0.330 e. The molecule has 2 rings (SSSR count). The van der Waals surface area contributed by atoms with Crippen LogP contribution in [0.3, 0.4) is 0 Å². The quantitative estimate of drug-likeness (QED) is 0.354. The van der Waals surface area contributed by atoms with E-state index in [-0.39, 0.29) is 38.3 Å². The molecule has 3 N–H and O–H groups in total. The summed E-state index contributed by atoms with van der Waals surface area (Å²) in [6.45, 7) is 10.5. The van der Waals surface area contributed by atoms with Crippen molar-refractivity contribution in [3.63, 3.8) is 0 Å². The molecule has 186 valence electrons. The van der Waals surface area contributed by atoms with E-state index < -0.39 is 37.6 Å². The molecule has 11 nitrogen and oxygen atoms in total. The van der Waals surface area contributed by atoms with E-state index in [2.05, 4.69) is 43.4 Å². The standard InChI is InChI=1S/C21H36N5O6P/c1-14(2)26(15(3)4)33(31-10-7-9-22)32-13-21(29-6)8-11-30-19(17(21)23)25-12-16(5)18(27)24-20(25)28/h12,14-15,17,19H,7-8,10-11,13,23H2,1-6H3,(H,24,27,28)/t17-,19+,21+,33?/m0/s1. The third-order valence-corrected chi connectivity index (χ3v) is 7.69. The molecular weight excluding hydrogens is 449 g/mol. The molecule has 1 aliphatic heterocycles. The molecule has 0 amide bonds. The van der Waals surface area contributed by atoms with Crippen LogP contribution in [-0.2, 0) is 18.5 Å². The van der Waals surface area contributed by atoms with Crippen LogP contribution < -0.4 is 17.0 Å². The first kappa shape index (κ1) is 27.6. The predicted molar refractivity (Wildman–Crippen MR) is 125 cm³/mol. The van der Waals surface area contributed by atoms with E-state index in [0.29, 0.717) is 12.0 Å². The number of aromatic nitrogens is 2. The number of hydrogen-bond donors (Lipinski definition) is 2. The van der Waals surface area contributed by atoms with Crippen molar-refractivity contribution in [3.05, 3.63) is 32.6 Å². The molecule has 0 aromatic carbocycles. The summed E-state index contributed by atoms with van der Waals surface area (Å²) >= 11 is 0. The van der Waals surface area contributed by atoms with Gasteiger partial charge in [-0.15, -0.1) is 0 Å². The molecule has 33 heavy (non-hydrogen) atoms. The van der Waals surface area contributed by atoms with E-state index in [9.17, 15) is 9.59 Å². The van der Waals surface area contributed by atoms with E-state index in [0.717, 1.165) is 0 Å². The topological polar surface area (TPSA) is 145 Å². The number of aryl methyl sites for hydroxylation is 1. The summed E-state index contributed by atoms with van der Waals surface area (Å²) in [4.78, 5) is 26.5. The molecule has 1 aromatic rings. The summed E-state index contributed by atoms with van der Waals surface area (Å²) in [5.41, 5.74) is 4.95. The van der Waals surface area contributed by atoms with Crippen LogP contribution in [0.2, 0.25) is 0 Å². The second kappa shape index (κ2) is 12.2. The highest BCUT2D eigenvalue weighted by Gasteiger charge is 2.47. The van der Waals surface area contributed by atoms with Crippen molar-refractivity contribution >= 4 is 8.53 Å². The molecule has 0 spiro atoms. The highest BCUT2D eigenvalue weighted by Crippen LogP contribution is 2.47. The number of nitrogens with zero attached hydrogens (tertiary/aromatic N) is 3. The summed E-state index contributed by atoms with van der Waals surface area (Å²) < 4.78 is 27.4. The Morgan fingerprint density at radius 1 is 1.36 bits per heavy atom. The van der Waals surface area contributed by atoms with Crippen LogP contribution in [-0.4, -0.2) is 64.9 Å². The molecule has 1 unspecified atom stereocenters. The van der Waals surface area contributed by atoms with Gasteiger partial charge in [0.2, 0.25) is 0 Å². The molecule has 1 saturated heterocycles. The Kier molecular flexibility index (Phi) is 10.2. The molecule has 1 fully saturated rings. The van der Waals surface area contributed by atoms with Gasteiger partial charge in [-0.1, -0.05) is 0 Å². The molecule has 0 radical (unpaired) electrons. The zero-order valence-corrected chi connectivity index (χ0v) is 21.1. The number of rotatable bonds is 11. The number of aromatic amines is 1. The molecular formula is C21H36N5O6P. The van der Waals surface area contributed by atoms with Gasteiger partial charge >= 0.3 is 5.69 Å². The minimum absolute atomic E-state index is 0.107. The highest BCUT2D eigenvalue weighted by molar-refractivity contribution is 7.44. The summed E-state index contributed by atoms with van der Waals surface area (Å²) in [5, 5.41) is 8.90. The number of nitrogens with one attached hydrogen (secondary N) is 1. The van der Waals surface area contributed by atoms with E-state index in [1.54, 1.807) is 14.0 Å². The maximum Gasteiger partial charge on any atom is 0.330 e. The van der Waals surface area contributed by atoms with Gasteiger partial charge in [-0.3, -0.25) is 14.3 Å². The van der Waals surface area contributed by atoms with Crippen molar-refractivity contribution in [2.45, 2.75) is 77.4 Å². The van der Waals surface area contributed by atoms with Gasteiger partial charge in [0.1, 0.15) is 5.60 Å². The first-order valence-corrected chi connectivity index (χ1v) is 12.2. The predicted octanol–water partition coefficient (Wildman–Crippen LogP) is 1.77. The third-order valence-electron chi connectivity index (χ3n) is 5.64. The summed E-state index contributed by atoms with van der Waals surface area (Å²) in [5.74, 6) is 0. The maximum atomic E-state index is 12.4. The zero-order chi connectivity index (χ0) is 24.8. The second-order valence-electron chi connectivity index (χ2n) is 8.60. The Hall–Kier alpha value is -1.64. The lowest BCUT2D eigenvalue weighted by Gasteiger charge is -2.46. The first-order chi connectivity index (χ1) is 15.6. The summed E-state index contributed by atoms with van der Waals surface area (Å²) in [6, 6.07) is 1.62. The Balaban J connectivity index is 2.29. The van der Waals surface area contributed by atoms with Crippen LogP contribution in [0.5, 0.6) is 0 Å². The number of nitriles is 1. The van der Waals surface area contributed by atoms with Gasteiger partial charge in [0, 0.05) is 37.4 Å². The van der Waals surface area contributed by atoms with Gasteiger partial charge in [-0.2, -0.15) is 5.26 Å². The van der Waals surface area contributed by atoms with Gasteiger partial charge in [0.15, 0.2) is 6.23 Å². The SMILES string of the molecule is CO[C@@]1(COP(OCCC#N)N(C(C)C)C(C)C)CCO[C@@H](n2cc(C)c(=O)[nH]c2=O)[C@@H]1N. The van der Waals surface area contributed by atoms with E-state index >= 15 is 0 Å². The zero-order valence-electron chi connectivity index (χ0n) is 20.2. The minimum Gasteiger partial charge on any atom is -0.374 e. The van der Waals surface area contributed by atoms with Crippen molar-refractivity contribution in [2.75, 3.05) is 26.9 Å². The van der Waals surface area contributed by atoms with Crippen molar-refractivity contribution in [2.24, 2.45) is 5.73 Å². The van der Waals surface area contributed by atoms with Gasteiger partial charge in [-0.05, 0) is 34.6 Å². The molecule has 1 aromatic heterocycles. The lowest BCUT2D eigenvalue weighted by Crippen LogP contribution is -2.61. The molecule has 12 heteroatoms. The molecule has 0 aliphatic carbocycles. The Labute approximate surface area is 195 Å². The molecule has 0 bridgehead atoms. The molecule has 0 saturated carbocycles. The average molecular weight is 486 g/mol. The average Bonchev–Trinajstić information content (AvgIpc) is 2.75. The van der Waals surface area contributed by atoms with Gasteiger partial charge < -0.3 is 24.3 Å². The Morgan fingerprint density at radius 2 is 2.03 bits per heavy atom. The van der Waals surface area contributed by atoms with Crippen LogP contribution in [0.1, 0.15) is 52.3 Å². The third kappa shape index (κ3) is 6.49. The van der Waals surface area contributed by atoms with E-state index in [1.165, 1.54) is 10.8 Å². The fourth-order valence-electron chi connectivity index (χ4n) is 3.85. The molecule has 4 atom stereocenters. The summed E-state index contributed by atoms with van der Waals surface area (Å²) in [6.07, 6.45) is 1.30. The fraction of sp³-hybridized carbons (Fsp3) is 0.762. The van der Waals surface area contributed by atoms with E-state index in [1.807, 2.05) is 0 Å². The van der Waals surface area contributed by atoms with Crippen LogP contribution in [0.15, 0.2) is 15.8 Å². The normalized spacial score (nSPS) is 24.4. The number of methoxy groups -OCH3 is 1. The highest BCUT2D eigenvalue weighted by atomic mass is 31.2. The van der Waals surface area contributed by atoms with Crippen molar-refractivity contribution in [1.82, 2.24) is 14.2 Å². The summed E-state index contributed by atoms with van der Waals surface area (Å²) in [7, 11) is 0.0591. The second-order valence-corrected chi connectivity index (χ2v) is 10.1. The van der Waals surface area contributed by atoms with Crippen LogP contribution in [0.25, 0.3) is 0 Å². The largest absolute Gasteiger partial charge is 0.374 e. The van der Waals surface area contributed by atoms with Gasteiger partial charge in [0.25, 0.3) is 14.1 Å². The Morgan fingerprint density at radius 3 is 2.61 bits per heavy atom. The monoisotopic (exact) mass is 485 g/mol. The van der Waals surface area contributed by atoms with Crippen LogP contribution in [0, 0.1) is 18.3 Å². The lowest BCUT2D eigenvalue weighted by molar-refractivity contribution is -0.175. The number of ether oxygens (including phenoxy) is 2. The number of nitrogens with two attached hydrogens (primary N) is 1. The van der Waals surface area contributed by atoms with Crippen LogP contribution >= 0.6 is 8.53 Å². The molecule has 1 aliphatic rings. The number of H-pyrrole nitrogens is 1. The van der Waals surface area contributed by atoms with Crippen molar-refractivity contribution < 1.29 is 18.5 Å². The van der Waals surface area contributed by atoms with Crippen molar-refractivity contribution in [3.8, 4) is 6.07 Å². The van der Waals surface area contributed by atoms with Crippen molar-refractivity contribution in [1.29, 1.82) is 5.26 Å². The Bertz CT molecular complexity index is 921. The minimum atomic E-state index is -1.49. The van der Waals surface area contributed by atoms with E-state index in [4.69, 9.17) is 29.5 Å². The van der Waals surface area contributed by atoms with Gasteiger partial charge in [-0.25, -0.2) is 9.46 Å². The number of hydrogen-bond acceptors (Lipinski definition) is 9. The van der Waals surface area contributed by atoms with Gasteiger partial charge in [0.05, 0.1) is 38.4 Å². The fourth-order valence-corrected chi connectivity index (χ4v) is 5.53. The maximum absolute atomic E-state index is 12.4. The first-order valence-electron chi connectivity index (χ1n) is 11.0. The lowest BCUT2D eigenvalue weighted by atomic mass is 9.88. The van der Waals surface area contributed by atoms with Crippen LogP contribution in [0.4, 0.5) is 0 Å².